The highest BCUT2D eigenvalue weighted by Crippen LogP contribution is 2.34. The normalized spacial score (nSPS) is 16.0. The van der Waals surface area contributed by atoms with Gasteiger partial charge in [-0.05, 0) is 30.2 Å². The Labute approximate surface area is 175 Å². The lowest BCUT2D eigenvalue weighted by Crippen LogP contribution is -2.29. The molecule has 7 nitrogen and oxygen atoms in total. The molecule has 0 saturated carbocycles. The molecule has 0 aliphatic carbocycles. The predicted molar refractivity (Wildman–Crippen MR) is 115 cm³/mol. The Bertz CT molecular complexity index is 1060. The van der Waals surface area contributed by atoms with Crippen molar-refractivity contribution in [1.82, 2.24) is 9.78 Å². The van der Waals surface area contributed by atoms with E-state index in [9.17, 15) is 9.59 Å². The molecule has 2 heterocycles. The van der Waals surface area contributed by atoms with Crippen molar-refractivity contribution in [3.63, 3.8) is 0 Å². The van der Waals surface area contributed by atoms with Gasteiger partial charge in [0.25, 0.3) is 0 Å². The molecule has 0 radical (unpaired) electrons. The van der Waals surface area contributed by atoms with E-state index in [1.54, 1.807) is 29.0 Å². The molecule has 2 amide bonds. The van der Waals surface area contributed by atoms with Crippen LogP contribution in [0.15, 0.2) is 60.8 Å². The first-order valence-electron chi connectivity index (χ1n) is 9.87. The van der Waals surface area contributed by atoms with Crippen molar-refractivity contribution in [3.05, 3.63) is 71.9 Å². The monoisotopic (exact) mass is 404 g/mol. The third-order valence-corrected chi connectivity index (χ3v) is 5.26. The van der Waals surface area contributed by atoms with E-state index in [1.165, 1.54) is 0 Å². The van der Waals surface area contributed by atoms with Gasteiger partial charge in [-0.25, -0.2) is 4.68 Å². The number of carbonyl (C=O) groups is 2. The van der Waals surface area contributed by atoms with Gasteiger partial charge in [-0.15, -0.1) is 0 Å². The average Bonchev–Trinajstić information content (AvgIpc) is 3.35. The highest BCUT2D eigenvalue weighted by molar-refractivity contribution is 6.04. The number of hydrogen-bond acceptors (Lipinski definition) is 4. The van der Waals surface area contributed by atoms with E-state index in [1.807, 2.05) is 55.5 Å². The summed E-state index contributed by atoms with van der Waals surface area (Å²) in [4.78, 5) is 27.2. The van der Waals surface area contributed by atoms with Crippen molar-refractivity contribution in [2.45, 2.75) is 19.9 Å². The summed E-state index contributed by atoms with van der Waals surface area (Å²) < 4.78 is 7.15. The van der Waals surface area contributed by atoms with Crippen LogP contribution in [0.3, 0.4) is 0 Å². The van der Waals surface area contributed by atoms with Crippen LogP contribution in [0.4, 0.5) is 11.5 Å². The Morgan fingerprint density at radius 3 is 2.77 bits per heavy atom. The fourth-order valence-electron chi connectivity index (χ4n) is 3.68. The molecule has 1 aromatic heterocycles. The summed E-state index contributed by atoms with van der Waals surface area (Å²) in [6.07, 6.45) is 1.82. The molecule has 1 saturated heterocycles. The quantitative estimate of drug-likeness (QED) is 0.684. The summed E-state index contributed by atoms with van der Waals surface area (Å²) in [6, 6.07) is 17.4. The number of methoxy groups -OCH3 is 1. The molecule has 1 N–H and O–H groups in total. The number of carbonyl (C=O) groups excluding carboxylic acids is 2. The summed E-state index contributed by atoms with van der Waals surface area (Å²) in [6.45, 7) is 2.83. The van der Waals surface area contributed by atoms with Gasteiger partial charge < -0.3 is 15.0 Å². The van der Waals surface area contributed by atoms with Gasteiger partial charge >= 0.3 is 0 Å². The average molecular weight is 404 g/mol. The molecule has 7 heteroatoms. The van der Waals surface area contributed by atoms with Crippen LogP contribution in [0.25, 0.3) is 0 Å². The van der Waals surface area contributed by atoms with Gasteiger partial charge in [0.05, 0.1) is 31.5 Å². The predicted octanol–water partition coefficient (Wildman–Crippen LogP) is 3.24. The van der Waals surface area contributed by atoms with Crippen LogP contribution in [0.5, 0.6) is 5.75 Å². The summed E-state index contributed by atoms with van der Waals surface area (Å²) in [7, 11) is 1.58. The van der Waals surface area contributed by atoms with E-state index in [4.69, 9.17) is 4.74 Å². The standard InChI is InChI=1S/C23H24N4O3/c1-16-8-9-20(30-2)19(12-16)26-15-18(13-22(26)28)23(29)25-21-10-11-24-27(21)14-17-6-4-3-5-7-17/h3-12,18H,13-15H2,1-2H3,(H,25,29). The van der Waals surface area contributed by atoms with Crippen LogP contribution in [0.1, 0.15) is 17.5 Å². The van der Waals surface area contributed by atoms with Crippen molar-refractivity contribution in [2.75, 3.05) is 23.9 Å². The molecule has 154 valence electrons. The molecule has 30 heavy (non-hydrogen) atoms. The number of anilines is 2. The third kappa shape index (κ3) is 4.05. The van der Waals surface area contributed by atoms with Crippen LogP contribution in [0.2, 0.25) is 0 Å². The summed E-state index contributed by atoms with van der Waals surface area (Å²) in [5, 5.41) is 7.25. The molecule has 0 bridgehead atoms. The summed E-state index contributed by atoms with van der Waals surface area (Å²) in [5.41, 5.74) is 2.81. The number of nitrogens with one attached hydrogen (secondary N) is 1. The van der Waals surface area contributed by atoms with E-state index < -0.39 is 5.92 Å². The Morgan fingerprint density at radius 1 is 1.20 bits per heavy atom. The van der Waals surface area contributed by atoms with E-state index in [0.29, 0.717) is 30.3 Å². The second kappa shape index (κ2) is 8.41. The lowest BCUT2D eigenvalue weighted by atomic mass is 10.1. The largest absolute Gasteiger partial charge is 0.495 e. The second-order valence-corrected chi connectivity index (χ2v) is 7.43. The number of hydrogen-bond donors (Lipinski definition) is 1. The van der Waals surface area contributed by atoms with Crippen LogP contribution >= 0.6 is 0 Å². The highest BCUT2D eigenvalue weighted by atomic mass is 16.5. The van der Waals surface area contributed by atoms with Crippen molar-refractivity contribution in [2.24, 2.45) is 5.92 Å². The molecule has 1 unspecified atom stereocenters. The Balaban J connectivity index is 1.47. The minimum Gasteiger partial charge on any atom is -0.495 e. The molecule has 1 atom stereocenters. The van der Waals surface area contributed by atoms with Gasteiger partial charge in [0.15, 0.2) is 0 Å². The third-order valence-electron chi connectivity index (χ3n) is 5.26. The second-order valence-electron chi connectivity index (χ2n) is 7.43. The number of aromatic nitrogens is 2. The molecule has 2 aromatic carbocycles. The zero-order valence-electron chi connectivity index (χ0n) is 17.0. The molecule has 0 spiro atoms. The lowest BCUT2D eigenvalue weighted by Gasteiger charge is -2.20. The number of ether oxygens (including phenoxy) is 1. The summed E-state index contributed by atoms with van der Waals surface area (Å²) in [5.74, 6) is 0.519. The van der Waals surface area contributed by atoms with Gasteiger partial charge in [-0.3, -0.25) is 9.59 Å². The van der Waals surface area contributed by atoms with Crippen LogP contribution in [-0.2, 0) is 16.1 Å². The molecule has 1 fully saturated rings. The van der Waals surface area contributed by atoms with Crippen LogP contribution in [0, 0.1) is 12.8 Å². The van der Waals surface area contributed by atoms with E-state index in [0.717, 1.165) is 11.1 Å². The van der Waals surface area contributed by atoms with Crippen molar-refractivity contribution >= 4 is 23.3 Å². The molecule has 1 aliphatic rings. The van der Waals surface area contributed by atoms with E-state index in [-0.39, 0.29) is 18.2 Å². The van der Waals surface area contributed by atoms with Crippen LogP contribution < -0.4 is 15.0 Å². The summed E-state index contributed by atoms with van der Waals surface area (Å²) >= 11 is 0. The molecule has 1 aliphatic heterocycles. The molecular formula is C23H24N4O3. The number of benzene rings is 2. The zero-order chi connectivity index (χ0) is 21.1. The lowest BCUT2D eigenvalue weighted by molar-refractivity contribution is -0.122. The maximum Gasteiger partial charge on any atom is 0.230 e. The minimum absolute atomic E-state index is 0.0863. The number of amides is 2. The van der Waals surface area contributed by atoms with Gasteiger partial charge in [0.2, 0.25) is 11.8 Å². The zero-order valence-corrected chi connectivity index (χ0v) is 17.0. The fraction of sp³-hybridized carbons (Fsp3) is 0.261. The number of rotatable bonds is 6. The Kier molecular flexibility index (Phi) is 5.52. The Morgan fingerprint density at radius 2 is 2.00 bits per heavy atom. The first kappa shape index (κ1) is 19.7. The fourth-order valence-corrected chi connectivity index (χ4v) is 3.68. The van der Waals surface area contributed by atoms with E-state index in [2.05, 4.69) is 10.4 Å². The SMILES string of the molecule is COc1ccc(C)cc1N1CC(C(=O)Nc2ccnn2Cc2ccccc2)CC1=O. The molecular weight excluding hydrogens is 380 g/mol. The highest BCUT2D eigenvalue weighted by Gasteiger charge is 2.36. The van der Waals surface area contributed by atoms with Crippen molar-refractivity contribution < 1.29 is 14.3 Å². The van der Waals surface area contributed by atoms with Gasteiger partial charge in [0.1, 0.15) is 11.6 Å². The van der Waals surface area contributed by atoms with E-state index >= 15 is 0 Å². The maximum absolute atomic E-state index is 12.9. The molecule has 3 aromatic rings. The van der Waals surface area contributed by atoms with Crippen molar-refractivity contribution in [1.29, 1.82) is 0 Å². The topological polar surface area (TPSA) is 76.5 Å². The smallest absolute Gasteiger partial charge is 0.230 e. The number of nitrogens with zero attached hydrogens (tertiary/aromatic N) is 3. The van der Waals surface area contributed by atoms with Crippen molar-refractivity contribution in [3.8, 4) is 5.75 Å². The molecule has 4 rings (SSSR count). The van der Waals surface area contributed by atoms with Gasteiger partial charge in [-0.1, -0.05) is 36.4 Å². The number of aryl methyl sites for hydroxylation is 1. The minimum atomic E-state index is -0.442. The first-order valence-corrected chi connectivity index (χ1v) is 9.87. The Hall–Kier alpha value is -3.61. The first-order chi connectivity index (χ1) is 14.5. The van der Waals surface area contributed by atoms with Gasteiger partial charge in [-0.2, -0.15) is 5.10 Å². The van der Waals surface area contributed by atoms with Crippen LogP contribution in [-0.4, -0.2) is 35.2 Å². The maximum atomic E-state index is 12.9. The van der Waals surface area contributed by atoms with Gasteiger partial charge in [0, 0.05) is 19.0 Å².